The van der Waals surface area contributed by atoms with Crippen molar-refractivity contribution in [3.8, 4) is 6.07 Å². The monoisotopic (exact) mass is 264 g/mol. The Kier molecular flexibility index (Phi) is 2.84. The standard InChI is InChI=1S/C15H12N4O/c1-10-7-14-17-13(8-11-5-3-2-4-6-11)18-19(14)15(20)12(10)9-16/h2-7H,8H2,1H3,(H,17,18). The van der Waals surface area contributed by atoms with Crippen molar-refractivity contribution >= 4 is 5.65 Å². The molecule has 0 fully saturated rings. The Bertz CT molecular complexity index is 869. The molecule has 98 valence electrons. The van der Waals surface area contributed by atoms with Crippen LogP contribution in [-0.4, -0.2) is 14.6 Å². The van der Waals surface area contributed by atoms with Crippen molar-refractivity contribution in [2.75, 3.05) is 0 Å². The van der Waals surface area contributed by atoms with Gasteiger partial charge in [-0.25, -0.2) is 4.98 Å². The van der Waals surface area contributed by atoms with Crippen LogP contribution in [0.1, 0.15) is 22.5 Å². The lowest BCUT2D eigenvalue weighted by Gasteiger charge is -1.96. The van der Waals surface area contributed by atoms with Gasteiger partial charge in [0.05, 0.1) is 0 Å². The summed E-state index contributed by atoms with van der Waals surface area (Å²) in [5.74, 6) is 0.697. The third-order valence-corrected chi connectivity index (χ3v) is 3.20. The van der Waals surface area contributed by atoms with E-state index in [0.29, 0.717) is 23.5 Å². The molecule has 0 amide bonds. The molecule has 0 atom stereocenters. The Balaban J connectivity index is 2.10. The number of rotatable bonds is 2. The van der Waals surface area contributed by atoms with Gasteiger partial charge in [-0.3, -0.25) is 9.89 Å². The summed E-state index contributed by atoms with van der Waals surface area (Å²) in [6.45, 7) is 1.74. The predicted octanol–water partition coefficient (Wildman–Crippen LogP) is 1.79. The number of nitrogens with one attached hydrogen (secondary N) is 1. The van der Waals surface area contributed by atoms with Gasteiger partial charge in [0.15, 0.2) is 5.65 Å². The van der Waals surface area contributed by atoms with Gasteiger partial charge in [0.25, 0.3) is 5.56 Å². The summed E-state index contributed by atoms with van der Waals surface area (Å²) in [6.07, 6.45) is 0.614. The molecule has 0 unspecified atom stereocenters. The molecule has 3 aromatic rings. The van der Waals surface area contributed by atoms with Crippen LogP contribution in [0, 0.1) is 18.3 Å². The van der Waals surface area contributed by atoms with Gasteiger partial charge in [-0.15, -0.1) is 0 Å². The molecule has 0 aliphatic rings. The van der Waals surface area contributed by atoms with Gasteiger partial charge >= 0.3 is 0 Å². The number of nitrogens with zero attached hydrogens (tertiary/aromatic N) is 3. The molecule has 0 saturated heterocycles. The minimum Gasteiger partial charge on any atom is -0.276 e. The molecule has 20 heavy (non-hydrogen) atoms. The molecule has 0 aliphatic carbocycles. The molecule has 5 nitrogen and oxygen atoms in total. The summed E-state index contributed by atoms with van der Waals surface area (Å²) in [5, 5.41) is 12.0. The summed E-state index contributed by atoms with van der Waals surface area (Å²) in [5.41, 5.74) is 2.09. The van der Waals surface area contributed by atoms with E-state index in [9.17, 15) is 4.79 Å². The average Bonchev–Trinajstić information content (AvgIpc) is 2.83. The molecule has 5 heteroatoms. The van der Waals surface area contributed by atoms with Crippen molar-refractivity contribution in [3.05, 3.63) is 69.3 Å². The van der Waals surface area contributed by atoms with Crippen molar-refractivity contribution in [2.45, 2.75) is 13.3 Å². The van der Waals surface area contributed by atoms with Crippen molar-refractivity contribution < 1.29 is 0 Å². The molecule has 2 heterocycles. The Labute approximate surface area is 115 Å². The fourth-order valence-electron chi connectivity index (χ4n) is 2.20. The second-order valence-corrected chi connectivity index (χ2v) is 4.65. The highest BCUT2D eigenvalue weighted by molar-refractivity contribution is 5.47. The number of nitriles is 1. The Morgan fingerprint density at radius 2 is 2.10 bits per heavy atom. The summed E-state index contributed by atoms with van der Waals surface area (Å²) in [6, 6.07) is 13.6. The van der Waals surface area contributed by atoms with Crippen molar-refractivity contribution in [1.29, 1.82) is 5.26 Å². The lowest BCUT2D eigenvalue weighted by molar-refractivity contribution is 0.868. The molecule has 3 rings (SSSR count). The molecule has 0 spiro atoms. The number of pyridine rings is 1. The molecule has 1 aromatic carbocycles. The van der Waals surface area contributed by atoms with E-state index in [1.54, 1.807) is 13.0 Å². The average molecular weight is 264 g/mol. The highest BCUT2D eigenvalue weighted by Gasteiger charge is 2.11. The first-order chi connectivity index (χ1) is 9.69. The number of aryl methyl sites for hydroxylation is 1. The number of H-pyrrole nitrogens is 1. The maximum absolute atomic E-state index is 12.1. The lowest BCUT2D eigenvalue weighted by Crippen LogP contribution is -2.18. The first-order valence-corrected chi connectivity index (χ1v) is 6.24. The Hall–Kier alpha value is -2.87. The SMILES string of the molecule is Cc1cc2nc(Cc3ccccc3)[nH]n2c(=O)c1C#N. The molecule has 0 bridgehead atoms. The van der Waals surface area contributed by atoms with Gasteiger partial charge in [-0.2, -0.15) is 9.78 Å². The molecule has 0 radical (unpaired) electrons. The van der Waals surface area contributed by atoms with E-state index in [4.69, 9.17) is 5.26 Å². The molecular formula is C15H12N4O. The zero-order chi connectivity index (χ0) is 14.1. The number of aromatic nitrogens is 3. The van der Waals surface area contributed by atoms with Crippen molar-refractivity contribution in [3.63, 3.8) is 0 Å². The van der Waals surface area contributed by atoms with Crippen LogP contribution in [0.15, 0.2) is 41.2 Å². The highest BCUT2D eigenvalue weighted by atomic mass is 16.1. The van der Waals surface area contributed by atoms with Gasteiger partial charge in [0.2, 0.25) is 0 Å². The quantitative estimate of drug-likeness (QED) is 0.766. The van der Waals surface area contributed by atoms with Crippen LogP contribution in [0.25, 0.3) is 5.65 Å². The van der Waals surface area contributed by atoms with Crippen LogP contribution in [0.3, 0.4) is 0 Å². The molecule has 1 N–H and O–H groups in total. The van der Waals surface area contributed by atoms with Crippen LogP contribution in [-0.2, 0) is 6.42 Å². The molecular weight excluding hydrogens is 252 g/mol. The lowest BCUT2D eigenvalue weighted by atomic mass is 10.1. The number of fused-ring (bicyclic) bond motifs is 1. The minimum absolute atomic E-state index is 0.150. The normalized spacial score (nSPS) is 10.6. The van der Waals surface area contributed by atoms with Gasteiger partial charge in [-0.1, -0.05) is 30.3 Å². The second-order valence-electron chi connectivity index (χ2n) is 4.65. The van der Waals surface area contributed by atoms with Gasteiger partial charge in [-0.05, 0) is 24.1 Å². The number of hydrogen-bond acceptors (Lipinski definition) is 3. The van der Waals surface area contributed by atoms with Crippen LogP contribution < -0.4 is 5.56 Å². The van der Waals surface area contributed by atoms with Crippen LogP contribution in [0.4, 0.5) is 0 Å². The second kappa shape index (κ2) is 4.67. The maximum Gasteiger partial charge on any atom is 0.289 e. The van der Waals surface area contributed by atoms with E-state index in [1.807, 2.05) is 36.4 Å². The smallest absolute Gasteiger partial charge is 0.276 e. The molecule has 0 aliphatic heterocycles. The van der Waals surface area contributed by atoms with Crippen LogP contribution in [0.5, 0.6) is 0 Å². The Morgan fingerprint density at radius 3 is 2.80 bits per heavy atom. The third-order valence-electron chi connectivity index (χ3n) is 3.20. The van der Waals surface area contributed by atoms with Gasteiger partial charge < -0.3 is 0 Å². The van der Waals surface area contributed by atoms with Crippen molar-refractivity contribution in [2.24, 2.45) is 0 Å². The number of aromatic amines is 1. The zero-order valence-electron chi connectivity index (χ0n) is 10.9. The van der Waals surface area contributed by atoms with Crippen LogP contribution >= 0.6 is 0 Å². The van der Waals surface area contributed by atoms with E-state index in [0.717, 1.165) is 5.56 Å². The largest absolute Gasteiger partial charge is 0.289 e. The first kappa shape index (κ1) is 12.2. The fraction of sp³-hybridized carbons (Fsp3) is 0.133. The fourth-order valence-corrected chi connectivity index (χ4v) is 2.20. The summed E-state index contributed by atoms with van der Waals surface area (Å²) in [7, 11) is 0. The third kappa shape index (κ3) is 1.97. The van der Waals surface area contributed by atoms with Gasteiger partial charge in [0, 0.05) is 6.42 Å². The van der Waals surface area contributed by atoms with Crippen molar-refractivity contribution in [1.82, 2.24) is 14.6 Å². The maximum atomic E-state index is 12.1. The van der Waals surface area contributed by atoms with E-state index in [-0.39, 0.29) is 11.1 Å². The number of hydrogen-bond donors (Lipinski definition) is 1. The van der Waals surface area contributed by atoms with E-state index in [2.05, 4.69) is 10.1 Å². The summed E-state index contributed by atoms with van der Waals surface area (Å²) < 4.78 is 1.32. The highest BCUT2D eigenvalue weighted by Crippen LogP contribution is 2.09. The Morgan fingerprint density at radius 1 is 1.35 bits per heavy atom. The van der Waals surface area contributed by atoms with E-state index < -0.39 is 0 Å². The van der Waals surface area contributed by atoms with E-state index in [1.165, 1.54) is 4.52 Å². The minimum atomic E-state index is -0.352. The number of benzene rings is 1. The molecule has 0 saturated carbocycles. The first-order valence-electron chi connectivity index (χ1n) is 6.24. The molecule has 2 aromatic heterocycles. The van der Waals surface area contributed by atoms with E-state index >= 15 is 0 Å². The zero-order valence-corrected chi connectivity index (χ0v) is 10.9. The predicted molar refractivity (Wildman–Crippen MR) is 74.5 cm³/mol. The summed E-state index contributed by atoms with van der Waals surface area (Å²) in [4.78, 5) is 16.5. The van der Waals surface area contributed by atoms with Crippen LogP contribution in [0.2, 0.25) is 0 Å². The topological polar surface area (TPSA) is 74.0 Å². The summed E-state index contributed by atoms with van der Waals surface area (Å²) >= 11 is 0. The van der Waals surface area contributed by atoms with Gasteiger partial charge in [0.1, 0.15) is 17.5 Å².